The van der Waals surface area contributed by atoms with Gasteiger partial charge in [0.25, 0.3) is 12.3 Å². The third kappa shape index (κ3) is 4.42. The minimum absolute atomic E-state index is 0.144. The average Bonchev–Trinajstić information content (AvgIpc) is 3.07. The lowest BCUT2D eigenvalue weighted by molar-refractivity contribution is -0.116. The molecule has 0 radical (unpaired) electrons. The first kappa shape index (κ1) is 20.4. The van der Waals surface area contributed by atoms with Gasteiger partial charge in [-0.25, -0.2) is 13.8 Å². The van der Waals surface area contributed by atoms with Crippen molar-refractivity contribution in [2.24, 2.45) is 0 Å². The number of nitrogens with one attached hydrogen (secondary N) is 2. The summed E-state index contributed by atoms with van der Waals surface area (Å²) in [6.45, 7) is 5.67. The number of H-pyrrole nitrogens is 1. The number of aromatic amines is 1. The Hall–Kier alpha value is -3.29. The summed E-state index contributed by atoms with van der Waals surface area (Å²) in [7, 11) is 1.51. The van der Waals surface area contributed by atoms with E-state index < -0.39 is 18.2 Å². The number of likely N-dealkylation sites (N-methyl/N-ethyl adjacent to an activating group) is 1. The lowest BCUT2D eigenvalue weighted by Crippen LogP contribution is -2.35. The molecule has 0 unspecified atom stereocenters. The van der Waals surface area contributed by atoms with Gasteiger partial charge >= 0.3 is 0 Å². The van der Waals surface area contributed by atoms with Crippen molar-refractivity contribution in [2.45, 2.75) is 27.2 Å². The van der Waals surface area contributed by atoms with Gasteiger partial charge in [-0.1, -0.05) is 17.7 Å². The van der Waals surface area contributed by atoms with E-state index in [1.165, 1.54) is 30.1 Å². The van der Waals surface area contributed by atoms with Crippen LogP contribution in [0, 0.1) is 20.8 Å². The summed E-state index contributed by atoms with van der Waals surface area (Å²) in [6, 6.07) is 8.41. The van der Waals surface area contributed by atoms with E-state index in [4.69, 9.17) is 0 Å². The molecule has 0 aliphatic heterocycles. The number of alkyl halides is 2. The Morgan fingerprint density at radius 2 is 1.79 bits per heavy atom. The molecule has 0 saturated heterocycles. The SMILES string of the molecule is Cc1cc(C)c(NC(=O)CN(C)C(=O)c2ccc3nc(C(F)F)[nH]c3c2)c(C)c1. The number of halogens is 2. The zero-order valence-electron chi connectivity index (χ0n) is 16.6. The van der Waals surface area contributed by atoms with Crippen LogP contribution < -0.4 is 5.32 Å². The first-order chi connectivity index (χ1) is 13.7. The van der Waals surface area contributed by atoms with Crippen molar-refractivity contribution in [1.29, 1.82) is 0 Å². The molecule has 8 heteroatoms. The molecule has 0 spiro atoms. The molecule has 2 amide bonds. The van der Waals surface area contributed by atoms with Crippen LogP contribution in [0.5, 0.6) is 0 Å². The summed E-state index contributed by atoms with van der Waals surface area (Å²) in [4.78, 5) is 32.7. The summed E-state index contributed by atoms with van der Waals surface area (Å²) < 4.78 is 25.6. The highest BCUT2D eigenvalue weighted by Crippen LogP contribution is 2.23. The number of amides is 2. The summed E-state index contributed by atoms with van der Waals surface area (Å²) >= 11 is 0. The number of anilines is 1. The topological polar surface area (TPSA) is 78.1 Å². The number of hydrogen-bond acceptors (Lipinski definition) is 3. The lowest BCUT2D eigenvalue weighted by Gasteiger charge is -2.18. The van der Waals surface area contributed by atoms with Gasteiger partial charge in [0.15, 0.2) is 5.82 Å². The van der Waals surface area contributed by atoms with Crippen LogP contribution in [0.15, 0.2) is 30.3 Å². The number of carbonyl (C=O) groups excluding carboxylic acids is 2. The van der Waals surface area contributed by atoms with Crippen LogP contribution in [0.4, 0.5) is 14.5 Å². The number of carbonyl (C=O) groups is 2. The van der Waals surface area contributed by atoms with Crippen molar-refractivity contribution in [3.63, 3.8) is 0 Å². The fourth-order valence-corrected chi connectivity index (χ4v) is 3.33. The molecular weight excluding hydrogens is 378 g/mol. The molecule has 0 bridgehead atoms. The van der Waals surface area contributed by atoms with Crippen molar-refractivity contribution in [2.75, 3.05) is 18.9 Å². The number of imidazole rings is 1. The first-order valence-electron chi connectivity index (χ1n) is 9.06. The summed E-state index contributed by atoms with van der Waals surface area (Å²) in [6.07, 6.45) is -2.72. The number of aromatic nitrogens is 2. The van der Waals surface area contributed by atoms with Gasteiger partial charge in [0.2, 0.25) is 5.91 Å². The van der Waals surface area contributed by atoms with Gasteiger partial charge in [0.05, 0.1) is 17.6 Å². The van der Waals surface area contributed by atoms with Crippen LogP contribution >= 0.6 is 0 Å². The standard InChI is InChI=1S/C21H22F2N4O2/c1-11-7-12(2)18(13(3)8-11)26-17(28)10-27(4)21(29)14-5-6-15-16(9-14)25-20(24-15)19(22)23/h5-9,19H,10H2,1-4H3,(H,24,25)(H,26,28). The van der Waals surface area contributed by atoms with Gasteiger partial charge in [0, 0.05) is 18.3 Å². The zero-order chi connectivity index (χ0) is 21.3. The van der Waals surface area contributed by atoms with Crippen molar-refractivity contribution in [3.8, 4) is 0 Å². The van der Waals surface area contributed by atoms with Crippen molar-refractivity contribution < 1.29 is 18.4 Å². The second kappa shape index (κ2) is 7.98. The smallest absolute Gasteiger partial charge is 0.295 e. The Kier molecular flexibility index (Phi) is 5.63. The Labute approximate surface area is 166 Å². The van der Waals surface area contributed by atoms with Crippen LogP contribution in [-0.4, -0.2) is 40.3 Å². The van der Waals surface area contributed by atoms with E-state index in [0.29, 0.717) is 11.0 Å². The number of benzene rings is 2. The molecule has 6 nitrogen and oxygen atoms in total. The van der Waals surface area contributed by atoms with Crippen LogP contribution in [0.25, 0.3) is 11.0 Å². The summed E-state index contributed by atoms with van der Waals surface area (Å²) in [5.74, 6) is -1.16. The predicted molar refractivity (Wildman–Crippen MR) is 107 cm³/mol. The number of rotatable bonds is 5. The molecule has 0 saturated carbocycles. The van der Waals surface area contributed by atoms with Crippen molar-refractivity contribution >= 4 is 28.5 Å². The molecule has 29 heavy (non-hydrogen) atoms. The van der Waals surface area contributed by atoms with E-state index in [2.05, 4.69) is 15.3 Å². The van der Waals surface area contributed by atoms with E-state index in [1.54, 1.807) is 0 Å². The highest BCUT2D eigenvalue weighted by Gasteiger charge is 2.18. The van der Waals surface area contributed by atoms with E-state index in [1.807, 2.05) is 32.9 Å². The Morgan fingerprint density at radius 1 is 1.14 bits per heavy atom. The van der Waals surface area contributed by atoms with Gasteiger partial charge in [0.1, 0.15) is 0 Å². The minimum atomic E-state index is -2.72. The van der Waals surface area contributed by atoms with Gasteiger partial charge in [-0.05, 0) is 50.1 Å². The Bertz CT molecular complexity index is 1070. The van der Waals surface area contributed by atoms with Gasteiger partial charge in [-0.2, -0.15) is 0 Å². The highest BCUT2D eigenvalue weighted by molar-refractivity contribution is 6.01. The maximum absolute atomic E-state index is 12.8. The molecule has 152 valence electrons. The number of aryl methyl sites for hydroxylation is 3. The van der Waals surface area contributed by atoms with Crippen molar-refractivity contribution in [3.05, 3.63) is 58.4 Å². The van der Waals surface area contributed by atoms with Gasteiger partial charge in [-0.3, -0.25) is 9.59 Å². The van der Waals surface area contributed by atoms with E-state index in [0.717, 1.165) is 22.4 Å². The lowest BCUT2D eigenvalue weighted by atomic mass is 10.1. The van der Waals surface area contributed by atoms with Crippen LogP contribution in [-0.2, 0) is 4.79 Å². The number of hydrogen-bond donors (Lipinski definition) is 2. The molecule has 0 fully saturated rings. The van der Waals surface area contributed by atoms with Crippen LogP contribution in [0.3, 0.4) is 0 Å². The summed E-state index contributed by atoms with van der Waals surface area (Å²) in [5, 5.41) is 2.86. The molecule has 1 aromatic heterocycles. The second-order valence-electron chi connectivity index (χ2n) is 7.14. The molecule has 2 N–H and O–H groups in total. The molecular formula is C21H22F2N4O2. The normalized spacial score (nSPS) is 11.1. The maximum Gasteiger partial charge on any atom is 0.295 e. The largest absolute Gasteiger partial charge is 0.337 e. The van der Waals surface area contributed by atoms with Crippen molar-refractivity contribution in [1.82, 2.24) is 14.9 Å². The van der Waals surface area contributed by atoms with E-state index in [-0.39, 0.29) is 18.0 Å². The Morgan fingerprint density at radius 3 is 2.41 bits per heavy atom. The third-order valence-corrected chi connectivity index (χ3v) is 4.62. The van der Waals surface area contributed by atoms with Crippen LogP contribution in [0.1, 0.15) is 39.3 Å². The second-order valence-corrected chi connectivity index (χ2v) is 7.14. The molecule has 0 aliphatic rings. The third-order valence-electron chi connectivity index (χ3n) is 4.62. The molecule has 0 atom stereocenters. The predicted octanol–water partition coefficient (Wildman–Crippen LogP) is 4.14. The minimum Gasteiger partial charge on any atom is -0.337 e. The van der Waals surface area contributed by atoms with E-state index >= 15 is 0 Å². The zero-order valence-corrected chi connectivity index (χ0v) is 16.6. The number of fused-ring (bicyclic) bond motifs is 1. The molecule has 1 heterocycles. The monoisotopic (exact) mass is 400 g/mol. The first-order valence-corrected chi connectivity index (χ1v) is 9.06. The van der Waals surface area contributed by atoms with Crippen LogP contribution in [0.2, 0.25) is 0 Å². The van der Waals surface area contributed by atoms with Gasteiger partial charge < -0.3 is 15.2 Å². The Balaban J connectivity index is 1.71. The number of nitrogens with zero attached hydrogens (tertiary/aromatic N) is 2. The molecule has 2 aromatic carbocycles. The molecule has 3 rings (SSSR count). The van der Waals surface area contributed by atoms with E-state index in [9.17, 15) is 18.4 Å². The average molecular weight is 400 g/mol. The molecule has 3 aromatic rings. The fraction of sp³-hybridized carbons (Fsp3) is 0.286. The molecule has 0 aliphatic carbocycles. The fourth-order valence-electron chi connectivity index (χ4n) is 3.33. The maximum atomic E-state index is 12.8. The summed E-state index contributed by atoms with van der Waals surface area (Å²) in [5.41, 5.74) is 4.71. The highest BCUT2D eigenvalue weighted by atomic mass is 19.3. The van der Waals surface area contributed by atoms with Gasteiger partial charge in [-0.15, -0.1) is 0 Å². The quantitative estimate of drug-likeness (QED) is 0.676.